The second-order valence-corrected chi connectivity index (χ2v) is 9.06. The number of benzene rings is 1. The third-order valence-corrected chi connectivity index (χ3v) is 6.54. The minimum atomic E-state index is -3.55. The molecule has 2 rings (SSSR count). The largest absolute Gasteiger partial charge is 0.354 e. The molecule has 2 amide bonds. The first-order valence-electron chi connectivity index (χ1n) is 9.44. The lowest BCUT2D eigenvalue weighted by atomic mass is 10.0. The zero-order valence-corrected chi connectivity index (χ0v) is 17.0. The number of carbonyl (C=O) groups excluding carboxylic acids is 2. The highest BCUT2D eigenvalue weighted by molar-refractivity contribution is 7.89. The molecule has 1 aliphatic heterocycles. The summed E-state index contributed by atoms with van der Waals surface area (Å²) >= 11 is 0. The van der Waals surface area contributed by atoms with Crippen molar-refractivity contribution in [2.45, 2.75) is 51.0 Å². The molecule has 1 aromatic rings. The van der Waals surface area contributed by atoms with Gasteiger partial charge in [-0.1, -0.05) is 13.8 Å². The summed E-state index contributed by atoms with van der Waals surface area (Å²) in [4.78, 5) is 24.3. The van der Waals surface area contributed by atoms with E-state index in [4.69, 9.17) is 0 Å². The summed E-state index contributed by atoms with van der Waals surface area (Å²) in [5.41, 5.74) is 0.316. The van der Waals surface area contributed by atoms with Gasteiger partial charge in [-0.05, 0) is 56.4 Å². The van der Waals surface area contributed by atoms with Crippen molar-refractivity contribution >= 4 is 21.8 Å². The van der Waals surface area contributed by atoms with Crippen LogP contribution in [0.3, 0.4) is 0 Å². The molecule has 0 unspecified atom stereocenters. The van der Waals surface area contributed by atoms with Crippen LogP contribution in [0.15, 0.2) is 29.2 Å². The number of hydrogen-bond acceptors (Lipinski definition) is 4. The van der Waals surface area contributed by atoms with E-state index in [9.17, 15) is 18.0 Å². The fourth-order valence-corrected chi connectivity index (χ4v) is 4.64. The third kappa shape index (κ3) is 5.52. The highest BCUT2D eigenvalue weighted by Crippen LogP contribution is 2.23. The molecule has 0 radical (unpaired) electrons. The zero-order chi connectivity index (χ0) is 20.0. The Hall–Kier alpha value is -1.93. The number of rotatable bonds is 7. The Morgan fingerprint density at radius 2 is 1.93 bits per heavy atom. The van der Waals surface area contributed by atoms with Crippen LogP contribution >= 0.6 is 0 Å². The summed E-state index contributed by atoms with van der Waals surface area (Å²) in [6.45, 7) is 7.21. The lowest BCUT2D eigenvalue weighted by Gasteiger charge is -2.30. The second kappa shape index (κ2) is 9.32. The summed E-state index contributed by atoms with van der Waals surface area (Å²) in [6, 6.07) is 5.19. The normalized spacial score (nSPS) is 19.3. The van der Waals surface area contributed by atoms with E-state index in [2.05, 4.69) is 10.6 Å². The van der Waals surface area contributed by atoms with E-state index < -0.39 is 22.0 Å². The Morgan fingerprint density at radius 3 is 2.52 bits per heavy atom. The first-order chi connectivity index (χ1) is 12.8. The molecule has 2 atom stereocenters. The molecule has 0 spiro atoms. The van der Waals surface area contributed by atoms with Crippen LogP contribution in [0.5, 0.6) is 0 Å². The summed E-state index contributed by atoms with van der Waals surface area (Å²) in [7, 11) is -3.55. The summed E-state index contributed by atoms with van der Waals surface area (Å²) in [5.74, 6) is -0.313. The van der Waals surface area contributed by atoms with Crippen molar-refractivity contribution in [3.63, 3.8) is 0 Å². The zero-order valence-electron chi connectivity index (χ0n) is 16.2. The Balaban J connectivity index is 2.03. The van der Waals surface area contributed by atoms with Gasteiger partial charge in [-0.3, -0.25) is 9.59 Å². The number of nitrogens with one attached hydrogen (secondary N) is 2. The van der Waals surface area contributed by atoms with E-state index in [1.54, 1.807) is 6.92 Å². The van der Waals surface area contributed by atoms with Gasteiger partial charge < -0.3 is 10.6 Å². The predicted octanol–water partition coefficient (Wildman–Crippen LogP) is 1.75. The third-order valence-electron chi connectivity index (χ3n) is 4.66. The summed E-state index contributed by atoms with van der Waals surface area (Å²) in [6.07, 6.45) is 2.71. The van der Waals surface area contributed by atoms with Crippen molar-refractivity contribution in [2.24, 2.45) is 5.92 Å². The molecular weight excluding hydrogens is 366 g/mol. The van der Waals surface area contributed by atoms with Gasteiger partial charge in [-0.2, -0.15) is 4.31 Å². The van der Waals surface area contributed by atoms with Gasteiger partial charge in [0.25, 0.3) is 5.91 Å². The first kappa shape index (κ1) is 21.4. The van der Waals surface area contributed by atoms with Crippen molar-refractivity contribution in [2.75, 3.05) is 19.6 Å². The van der Waals surface area contributed by atoms with E-state index in [0.29, 0.717) is 31.1 Å². The van der Waals surface area contributed by atoms with Gasteiger partial charge in [0.2, 0.25) is 15.9 Å². The maximum Gasteiger partial charge on any atom is 0.251 e. The van der Waals surface area contributed by atoms with E-state index >= 15 is 0 Å². The van der Waals surface area contributed by atoms with Crippen molar-refractivity contribution in [1.29, 1.82) is 0 Å². The van der Waals surface area contributed by atoms with E-state index in [0.717, 1.165) is 19.3 Å². The van der Waals surface area contributed by atoms with Gasteiger partial charge in [-0.15, -0.1) is 0 Å². The lowest BCUT2D eigenvalue weighted by molar-refractivity contribution is -0.122. The Morgan fingerprint density at radius 1 is 1.26 bits per heavy atom. The fourth-order valence-electron chi connectivity index (χ4n) is 3.04. The van der Waals surface area contributed by atoms with Gasteiger partial charge >= 0.3 is 0 Å². The average Bonchev–Trinajstić information content (AvgIpc) is 2.66. The molecule has 150 valence electrons. The maximum atomic E-state index is 12.8. The lowest BCUT2D eigenvalue weighted by Crippen LogP contribution is -2.45. The number of sulfonamides is 1. The van der Waals surface area contributed by atoms with Gasteiger partial charge in [0.15, 0.2) is 0 Å². The minimum Gasteiger partial charge on any atom is -0.354 e. The van der Waals surface area contributed by atoms with E-state index in [1.165, 1.54) is 28.6 Å². The standard InChI is InChI=1S/C19H29N3O4S/c1-4-11-20-18(23)15(3)21-19(24)16-7-9-17(10-8-16)27(25,26)22-12-5-6-14(2)13-22/h7-10,14-15H,4-6,11-13H2,1-3H3,(H,20,23)(H,21,24)/t14-,15-/m1/s1. The Kier molecular flexibility index (Phi) is 7.38. The predicted molar refractivity (Wildman–Crippen MR) is 104 cm³/mol. The Bertz CT molecular complexity index is 762. The number of amides is 2. The molecule has 27 heavy (non-hydrogen) atoms. The first-order valence-corrected chi connectivity index (χ1v) is 10.9. The van der Waals surface area contributed by atoms with Crippen LogP contribution in [-0.4, -0.2) is 50.2 Å². The van der Waals surface area contributed by atoms with Crippen LogP contribution in [0.1, 0.15) is 50.4 Å². The molecule has 1 aliphatic rings. The Labute approximate surface area is 161 Å². The van der Waals surface area contributed by atoms with Crippen LogP contribution in [0.25, 0.3) is 0 Å². The number of piperidine rings is 1. The molecule has 1 fully saturated rings. The number of hydrogen-bond donors (Lipinski definition) is 2. The van der Waals surface area contributed by atoms with Crippen molar-refractivity contribution in [1.82, 2.24) is 14.9 Å². The number of nitrogens with zero attached hydrogens (tertiary/aromatic N) is 1. The van der Waals surface area contributed by atoms with Crippen LogP contribution in [0.2, 0.25) is 0 Å². The van der Waals surface area contributed by atoms with Crippen LogP contribution < -0.4 is 10.6 Å². The van der Waals surface area contributed by atoms with Crippen molar-refractivity contribution in [3.05, 3.63) is 29.8 Å². The van der Waals surface area contributed by atoms with E-state index in [-0.39, 0.29) is 10.8 Å². The van der Waals surface area contributed by atoms with Gasteiger partial charge in [-0.25, -0.2) is 8.42 Å². The molecular formula is C19H29N3O4S. The highest BCUT2D eigenvalue weighted by Gasteiger charge is 2.28. The quantitative estimate of drug-likeness (QED) is 0.735. The van der Waals surface area contributed by atoms with Crippen molar-refractivity contribution in [3.8, 4) is 0 Å². The van der Waals surface area contributed by atoms with Gasteiger partial charge in [0.1, 0.15) is 6.04 Å². The topological polar surface area (TPSA) is 95.6 Å². The smallest absolute Gasteiger partial charge is 0.251 e. The fraction of sp³-hybridized carbons (Fsp3) is 0.579. The average molecular weight is 396 g/mol. The molecule has 0 bridgehead atoms. The minimum absolute atomic E-state index is 0.182. The highest BCUT2D eigenvalue weighted by atomic mass is 32.2. The van der Waals surface area contributed by atoms with Crippen molar-refractivity contribution < 1.29 is 18.0 Å². The molecule has 1 aromatic carbocycles. The SMILES string of the molecule is CCCNC(=O)[C@@H](C)NC(=O)c1ccc(S(=O)(=O)N2CCC[C@@H](C)C2)cc1. The number of carbonyl (C=O) groups is 2. The molecule has 8 heteroatoms. The van der Waals surface area contributed by atoms with Crippen LogP contribution in [0, 0.1) is 5.92 Å². The van der Waals surface area contributed by atoms with Gasteiger partial charge in [0, 0.05) is 25.2 Å². The molecule has 1 heterocycles. The van der Waals surface area contributed by atoms with Crippen LogP contribution in [-0.2, 0) is 14.8 Å². The van der Waals surface area contributed by atoms with Crippen LogP contribution in [0.4, 0.5) is 0 Å². The summed E-state index contributed by atoms with van der Waals surface area (Å²) in [5, 5.41) is 5.34. The molecule has 7 nitrogen and oxygen atoms in total. The second-order valence-electron chi connectivity index (χ2n) is 7.12. The molecule has 0 saturated carbocycles. The van der Waals surface area contributed by atoms with E-state index in [1.807, 2.05) is 13.8 Å². The molecule has 1 saturated heterocycles. The molecule has 0 aromatic heterocycles. The molecule has 2 N–H and O–H groups in total. The van der Waals surface area contributed by atoms with Gasteiger partial charge in [0.05, 0.1) is 4.90 Å². The molecule has 0 aliphatic carbocycles. The summed E-state index contributed by atoms with van der Waals surface area (Å²) < 4.78 is 27.0. The monoisotopic (exact) mass is 395 g/mol. The maximum absolute atomic E-state index is 12.8.